The Kier molecular flexibility index (Phi) is 5.60. The highest BCUT2D eigenvalue weighted by Gasteiger charge is 2.41. The van der Waals surface area contributed by atoms with E-state index >= 15 is 0 Å². The molecule has 3 fully saturated rings. The van der Waals surface area contributed by atoms with Crippen LogP contribution in [0.25, 0.3) is 0 Å². The first-order valence-corrected chi connectivity index (χ1v) is 10.8. The van der Waals surface area contributed by atoms with Gasteiger partial charge in [-0.1, -0.05) is 0 Å². The van der Waals surface area contributed by atoms with Gasteiger partial charge in [-0.25, -0.2) is 0 Å². The molecule has 25 heavy (non-hydrogen) atoms. The highest BCUT2D eigenvalue weighted by atomic mass is 15.2. The molecule has 1 spiro atoms. The van der Waals surface area contributed by atoms with E-state index in [1.165, 1.54) is 77.8 Å². The summed E-state index contributed by atoms with van der Waals surface area (Å²) in [6.07, 6.45) is 8.51. The molecule has 3 saturated heterocycles. The molecule has 0 N–H and O–H groups in total. The zero-order valence-electron chi connectivity index (χ0n) is 17.9. The summed E-state index contributed by atoms with van der Waals surface area (Å²) in [4.78, 5) is 8.23. The Balaban J connectivity index is 1.46. The molecular formula is C22H43N3. The first-order chi connectivity index (χ1) is 11.6. The lowest BCUT2D eigenvalue weighted by Gasteiger charge is -2.52. The summed E-state index contributed by atoms with van der Waals surface area (Å²) in [5.41, 5.74) is 1.37. The van der Waals surface area contributed by atoms with Crippen LogP contribution in [0, 0.1) is 5.41 Å². The third kappa shape index (κ3) is 4.59. The lowest BCUT2D eigenvalue weighted by molar-refractivity contribution is -0.0179. The zero-order chi connectivity index (χ0) is 18.3. The Bertz CT molecular complexity index is 419. The van der Waals surface area contributed by atoms with Crippen LogP contribution in [0.2, 0.25) is 0 Å². The van der Waals surface area contributed by atoms with Crippen molar-refractivity contribution in [3.05, 3.63) is 0 Å². The molecular weight excluding hydrogens is 306 g/mol. The van der Waals surface area contributed by atoms with Gasteiger partial charge in [0, 0.05) is 30.2 Å². The monoisotopic (exact) mass is 349 g/mol. The van der Waals surface area contributed by atoms with Crippen LogP contribution in [0.15, 0.2) is 0 Å². The van der Waals surface area contributed by atoms with Gasteiger partial charge in [0.25, 0.3) is 0 Å². The first-order valence-electron chi connectivity index (χ1n) is 10.8. The number of rotatable bonds is 1. The molecule has 0 aromatic rings. The fourth-order valence-corrected chi connectivity index (χ4v) is 5.42. The summed E-state index contributed by atoms with van der Waals surface area (Å²) in [6.45, 7) is 22.1. The van der Waals surface area contributed by atoms with Gasteiger partial charge in [-0.2, -0.15) is 0 Å². The van der Waals surface area contributed by atoms with Crippen molar-refractivity contribution < 1.29 is 0 Å². The number of hydrogen-bond acceptors (Lipinski definition) is 3. The van der Waals surface area contributed by atoms with Crippen molar-refractivity contribution >= 4 is 0 Å². The topological polar surface area (TPSA) is 9.72 Å². The molecule has 0 aromatic carbocycles. The minimum Gasteiger partial charge on any atom is -0.300 e. The van der Waals surface area contributed by atoms with E-state index in [1.54, 1.807) is 0 Å². The van der Waals surface area contributed by atoms with Crippen molar-refractivity contribution in [1.82, 2.24) is 14.7 Å². The lowest BCUT2D eigenvalue weighted by Crippen LogP contribution is -2.55. The van der Waals surface area contributed by atoms with Gasteiger partial charge in [0.05, 0.1) is 0 Å². The highest BCUT2D eigenvalue weighted by molar-refractivity contribution is 4.95. The molecule has 3 nitrogen and oxygen atoms in total. The number of piperidine rings is 3. The second kappa shape index (κ2) is 7.13. The molecule has 3 rings (SSSR count). The maximum absolute atomic E-state index is 2.85. The molecule has 3 aliphatic rings. The zero-order valence-corrected chi connectivity index (χ0v) is 17.9. The quantitative estimate of drug-likeness (QED) is 0.701. The minimum absolute atomic E-state index is 0.345. The molecule has 0 saturated carbocycles. The van der Waals surface area contributed by atoms with Crippen LogP contribution >= 0.6 is 0 Å². The Labute approximate surface area is 157 Å². The van der Waals surface area contributed by atoms with Gasteiger partial charge in [0.15, 0.2) is 0 Å². The van der Waals surface area contributed by atoms with Gasteiger partial charge in [-0.3, -0.25) is 9.80 Å². The van der Waals surface area contributed by atoms with E-state index in [0.717, 1.165) is 6.04 Å². The van der Waals surface area contributed by atoms with Crippen LogP contribution in [0.4, 0.5) is 0 Å². The lowest BCUT2D eigenvalue weighted by atomic mass is 9.70. The van der Waals surface area contributed by atoms with Crippen LogP contribution in [0.1, 0.15) is 80.1 Å². The van der Waals surface area contributed by atoms with Gasteiger partial charge < -0.3 is 4.90 Å². The molecule has 3 heterocycles. The summed E-state index contributed by atoms with van der Waals surface area (Å²) < 4.78 is 0. The Morgan fingerprint density at radius 1 is 0.600 bits per heavy atom. The van der Waals surface area contributed by atoms with E-state index < -0.39 is 0 Å². The number of hydrogen-bond donors (Lipinski definition) is 0. The predicted octanol–water partition coefficient (Wildman–Crippen LogP) is 4.23. The molecule has 3 aliphatic heterocycles. The van der Waals surface area contributed by atoms with Crippen molar-refractivity contribution in [2.45, 2.75) is 97.2 Å². The van der Waals surface area contributed by atoms with Gasteiger partial charge in [-0.05, 0) is 112 Å². The third-order valence-electron chi connectivity index (χ3n) is 7.56. The van der Waals surface area contributed by atoms with E-state index in [2.05, 4.69) is 56.2 Å². The number of nitrogens with zero attached hydrogens (tertiary/aromatic N) is 3. The third-order valence-corrected chi connectivity index (χ3v) is 7.56. The van der Waals surface area contributed by atoms with E-state index in [0.29, 0.717) is 16.5 Å². The summed E-state index contributed by atoms with van der Waals surface area (Å²) in [5, 5.41) is 0. The predicted molar refractivity (Wildman–Crippen MR) is 108 cm³/mol. The van der Waals surface area contributed by atoms with Crippen molar-refractivity contribution in [3.63, 3.8) is 0 Å². The van der Waals surface area contributed by atoms with E-state index in [9.17, 15) is 0 Å². The SMILES string of the molecule is CC(C)(C)N1CCC(N2CCC3(CC2)CCN(C(C)(C)C)CC3)CC1. The second-order valence-electron chi connectivity index (χ2n) is 11.1. The maximum Gasteiger partial charge on any atom is 0.0125 e. The largest absolute Gasteiger partial charge is 0.300 e. The van der Waals surface area contributed by atoms with Crippen LogP contribution in [-0.2, 0) is 0 Å². The molecule has 146 valence electrons. The van der Waals surface area contributed by atoms with Crippen molar-refractivity contribution in [2.75, 3.05) is 39.3 Å². The summed E-state index contributed by atoms with van der Waals surface area (Å²) in [5.74, 6) is 0. The highest BCUT2D eigenvalue weighted by Crippen LogP contribution is 2.43. The maximum atomic E-state index is 2.85. The molecule has 0 aromatic heterocycles. The molecule has 0 aliphatic carbocycles. The summed E-state index contributed by atoms with van der Waals surface area (Å²) in [6, 6.07) is 0.852. The van der Waals surface area contributed by atoms with E-state index in [-0.39, 0.29) is 0 Å². The van der Waals surface area contributed by atoms with Gasteiger partial charge in [0.1, 0.15) is 0 Å². The normalized spacial score (nSPS) is 28.6. The Morgan fingerprint density at radius 2 is 1.00 bits per heavy atom. The van der Waals surface area contributed by atoms with Crippen LogP contribution in [-0.4, -0.2) is 71.1 Å². The average molecular weight is 350 g/mol. The van der Waals surface area contributed by atoms with Crippen molar-refractivity contribution in [3.8, 4) is 0 Å². The van der Waals surface area contributed by atoms with Gasteiger partial charge in [-0.15, -0.1) is 0 Å². The van der Waals surface area contributed by atoms with Gasteiger partial charge >= 0.3 is 0 Å². The van der Waals surface area contributed by atoms with E-state index in [4.69, 9.17) is 0 Å². The Hall–Kier alpha value is -0.120. The summed E-state index contributed by atoms with van der Waals surface area (Å²) in [7, 11) is 0. The molecule has 0 radical (unpaired) electrons. The minimum atomic E-state index is 0.345. The van der Waals surface area contributed by atoms with Crippen LogP contribution in [0.3, 0.4) is 0 Å². The van der Waals surface area contributed by atoms with E-state index in [1.807, 2.05) is 0 Å². The molecule has 0 bridgehead atoms. The standard InChI is InChI=1S/C22H43N3/c1-20(2,3)24-13-7-19(8-14-24)23-15-9-22(10-16-23)11-17-25(18-12-22)21(4,5)6/h19H,7-18H2,1-6H3. The smallest absolute Gasteiger partial charge is 0.0125 e. The van der Waals surface area contributed by atoms with Crippen LogP contribution in [0.5, 0.6) is 0 Å². The molecule has 0 unspecified atom stereocenters. The average Bonchev–Trinajstić information content (AvgIpc) is 2.54. The molecule has 0 amide bonds. The fourth-order valence-electron chi connectivity index (χ4n) is 5.42. The van der Waals surface area contributed by atoms with Gasteiger partial charge in [0.2, 0.25) is 0 Å². The van der Waals surface area contributed by atoms with Crippen molar-refractivity contribution in [1.29, 1.82) is 0 Å². The molecule has 0 atom stereocenters. The van der Waals surface area contributed by atoms with Crippen LogP contribution < -0.4 is 0 Å². The van der Waals surface area contributed by atoms with Crippen molar-refractivity contribution in [2.24, 2.45) is 5.41 Å². The summed E-state index contributed by atoms with van der Waals surface area (Å²) >= 11 is 0. The Morgan fingerprint density at radius 3 is 1.44 bits per heavy atom. The first kappa shape index (κ1) is 19.6. The number of likely N-dealkylation sites (tertiary alicyclic amines) is 3. The fraction of sp³-hybridized carbons (Fsp3) is 1.00. The second-order valence-corrected chi connectivity index (χ2v) is 11.1. The molecule has 3 heteroatoms.